The lowest BCUT2D eigenvalue weighted by atomic mass is 10.8. The smallest absolute Gasteiger partial charge is 0.248 e. The number of hydrogen-bond acceptors (Lipinski definition) is 1. The van der Waals surface area contributed by atoms with Crippen LogP contribution in [0.15, 0.2) is 25.3 Å². The quantitative estimate of drug-likeness (QED) is 0.616. The molecule has 0 aromatic carbocycles. The fourth-order valence-corrected chi connectivity index (χ4v) is 0.577. The molecule has 0 fully saturated rings. The Morgan fingerprint density at radius 2 is 2.20 bits per heavy atom. The van der Waals surface area contributed by atoms with Crippen LogP contribution in [0, 0.1) is 0 Å². The van der Waals surface area contributed by atoms with Crippen LogP contribution in [0.25, 0.3) is 6.20 Å². The first-order valence-electron chi connectivity index (χ1n) is 2.48. The predicted octanol–water partition coefficient (Wildman–Crippen LogP) is 0.997. The van der Waals surface area contributed by atoms with Crippen molar-refractivity contribution in [3.63, 3.8) is 0 Å². The highest BCUT2D eigenvalue weighted by atomic mass is 35.5. The van der Waals surface area contributed by atoms with Crippen LogP contribution in [0.5, 0.6) is 0 Å². The first-order chi connectivity index (χ1) is 3.83. The maximum Gasteiger partial charge on any atom is 0.248 e. The number of aromatic nitrogens is 2. The van der Waals surface area contributed by atoms with E-state index in [1.165, 1.54) is 0 Å². The van der Waals surface area contributed by atoms with E-state index in [9.17, 15) is 0 Å². The van der Waals surface area contributed by atoms with Crippen molar-refractivity contribution in [1.82, 2.24) is 10.7 Å². The third-order valence-corrected chi connectivity index (χ3v) is 1.00. The fourth-order valence-electron chi connectivity index (χ4n) is 0.577. The second-order valence-corrected chi connectivity index (χ2v) is 1.71. The van der Waals surface area contributed by atoms with E-state index in [1.807, 2.05) is 34.9 Å². The maximum absolute atomic E-state index is 3.59. The molecule has 1 rings (SSSR count). The Hall–Kier alpha value is -0.800. The highest BCUT2D eigenvalue weighted by molar-refractivity contribution is 5.85. The van der Waals surface area contributed by atoms with Gasteiger partial charge in [0.15, 0.2) is 0 Å². The lowest BCUT2D eigenvalue weighted by Gasteiger charge is -1.74. The van der Waals surface area contributed by atoms with Gasteiger partial charge < -0.3 is 6.15 Å². The summed E-state index contributed by atoms with van der Waals surface area (Å²) in [7, 11) is 1.97. The third kappa shape index (κ3) is 2.66. The molecule has 0 amide bonds. The summed E-state index contributed by atoms with van der Waals surface area (Å²) in [6.45, 7) is 3.59. The summed E-state index contributed by atoms with van der Waals surface area (Å²) in [4.78, 5) is 0. The number of aryl methyl sites for hydroxylation is 1. The first-order valence-corrected chi connectivity index (χ1v) is 2.48. The average Bonchev–Trinajstić information content (AvgIpc) is 2.14. The highest BCUT2D eigenvalue weighted by Gasteiger charge is 1.90. The van der Waals surface area contributed by atoms with E-state index in [-0.39, 0.29) is 18.6 Å². The van der Waals surface area contributed by atoms with Gasteiger partial charge in [0.1, 0.15) is 12.4 Å². The molecular weight excluding hydrogens is 150 g/mol. The van der Waals surface area contributed by atoms with E-state index < -0.39 is 0 Å². The number of hydrogen-bond donors (Lipinski definition) is 1. The van der Waals surface area contributed by atoms with Gasteiger partial charge in [-0.3, -0.25) is 0 Å². The molecule has 0 saturated carbocycles. The third-order valence-electron chi connectivity index (χ3n) is 1.00. The largest absolute Gasteiger partial charge is 0.344 e. The van der Waals surface area contributed by atoms with Gasteiger partial charge >= 0.3 is 0 Å². The zero-order valence-corrected chi connectivity index (χ0v) is 6.84. The molecule has 0 atom stereocenters. The molecule has 10 heavy (non-hydrogen) atoms. The van der Waals surface area contributed by atoms with Crippen molar-refractivity contribution in [2.45, 2.75) is 0 Å². The van der Waals surface area contributed by atoms with Crippen LogP contribution in [0.3, 0.4) is 0 Å². The van der Waals surface area contributed by atoms with Crippen LogP contribution in [0.1, 0.15) is 0 Å². The number of halogens is 1. The van der Waals surface area contributed by atoms with Gasteiger partial charge in [0.2, 0.25) is 6.33 Å². The summed E-state index contributed by atoms with van der Waals surface area (Å²) in [6, 6.07) is 0. The predicted molar refractivity (Wildman–Crippen MR) is 44.3 cm³/mol. The normalized spacial score (nSPS) is 7.30. The van der Waals surface area contributed by atoms with Gasteiger partial charge in [-0.1, -0.05) is 6.58 Å². The lowest BCUT2D eigenvalue weighted by molar-refractivity contribution is -0.670. The molecule has 3 nitrogen and oxygen atoms in total. The van der Waals surface area contributed by atoms with E-state index in [0.29, 0.717) is 0 Å². The maximum atomic E-state index is 3.59. The molecule has 0 aliphatic heterocycles. The van der Waals surface area contributed by atoms with Crippen LogP contribution < -0.4 is 10.7 Å². The Kier molecular flexibility index (Phi) is 5.99. The minimum Gasteiger partial charge on any atom is -0.344 e. The van der Waals surface area contributed by atoms with Gasteiger partial charge in [0.05, 0.1) is 13.2 Å². The fraction of sp³-hybridized carbons (Fsp3) is 0.167. The summed E-state index contributed by atoms with van der Waals surface area (Å²) in [5.74, 6) is 0. The van der Waals surface area contributed by atoms with Gasteiger partial charge in [-0.2, -0.15) is 0 Å². The number of rotatable bonds is 1. The second kappa shape index (κ2) is 5.02. The Morgan fingerprint density at radius 1 is 1.60 bits per heavy atom. The molecule has 3 N–H and O–H groups in total. The van der Waals surface area contributed by atoms with Gasteiger partial charge in [0, 0.05) is 0 Å². The Balaban J connectivity index is 0. The zero-order chi connectivity index (χ0) is 5.98. The van der Waals surface area contributed by atoms with Crippen molar-refractivity contribution < 1.29 is 4.57 Å². The lowest BCUT2D eigenvalue weighted by Crippen LogP contribution is -2.23. The molecule has 1 aromatic heterocycles. The summed E-state index contributed by atoms with van der Waals surface area (Å²) in [5.41, 5.74) is 0. The molecule has 1 aromatic rings. The van der Waals surface area contributed by atoms with Crippen LogP contribution in [0.4, 0.5) is 0 Å². The molecule has 0 aliphatic rings. The topological polar surface area (TPSA) is 43.8 Å². The van der Waals surface area contributed by atoms with Crippen molar-refractivity contribution in [1.29, 1.82) is 0 Å². The summed E-state index contributed by atoms with van der Waals surface area (Å²) < 4.78 is 3.85. The molecule has 0 aliphatic carbocycles. The first kappa shape index (κ1) is 11.9. The summed E-state index contributed by atoms with van der Waals surface area (Å²) in [5, 5.41) is 0. The van der Waals surface area contributed by atoms with Crippen LogP contribution >= 0.6 is 12.4 Å². The Bertz CT molecular complexity index is 195. The molecule has 0 radical (unpaired) electrons. The molecule has 0 unspecified atom stereocenters. The Labute approximate surface area is 67.0 Å². The van der Waals surface area contributed by atoms with Gasteiger partial charge in [-0.25, -0.2) is 9.13 Å². The van der Waals surface area contributed by atoms with Crippen molar-refractivity contribution in [2.24, 2.45) is 7.05 Å². The second-order valence-electron chi connectivity index (χ2n) is 1.71. The number of imidazole rings is 1. The van der Waals surface area contributed by atoms with Gasteiger partial charge in [-0.15, -0.1) is 12.4 Å². The standard InChI is InChI=1S/C6H9N2.ClH.H3N/c1-3-8-5-4-7(2)6-8;;/h3-6H,1H2,2H3;1H;1H3/q+1;;. The Morgan fingerprint density at radius 3 is 2.40 bits per heavy atom. The SMILES string of the molecule is C=Cn1cc[n+](C)c1.Cl.N. The number of nitrogens with zero attached hydrogens (tertiary/aromatic N) is 2. The van der Waals surface area contributed by atoms with Crippen molar-refractivity contribution in [2.75, 3.05) is 0 Å². The van der Waals surface area contributed by atoms with Crippen molar-refractivity contribution in [3.8, 4) is 0 Å². The molecule has 0 bridgehead atoms. The zero-order valence-electron chi connectivity index (χ0n) is 6.03. The van der Waals surface area contributed by atoms with Crippen LogP contribution in [-0.4, -0.2) is 4.57 Å². The van der Waals surface area contributed by atoms with Crippen LogP contribution in [-0.2, 0) is 7.05 Å². The highest BCUT2D eigenvalue weighted by Crippen LogP contribution is 1.79. The van der Waals surface area contributed by atoms with E-state index in [4.69, 9.17) is 0 Å². The molecule has 58 valence electrons. The monoisotopic (exact) mass is 162 g/mol. The summed E-state index contributed by atoms with van der Waals surface area (Å²) in [6.07, 6.45) is 7.58. The molecule has 4 heteroatoms. The average molecular weight is 163 g/mol. The van der Waals surface area contributed by atoms with E-state index >= 15 is 0 Å². The summed E-state index contributed by atoms with van der Waals surface area (Å²) >= 11 is 0. The van der Waals surface area contributed by atoms with Crippen molar-refractivity contribution >= 4 is 18.6 Å². The minimum absolute atomic E-state index is 0. The molecule has 0 saturated heterocycles. The molecule has 0 spiro atoms. The van der Waals surface area contributed by atoms with E-state index in [2.05, 4.69) is 6.58 Å². The van der Waals surface area contributed by atoms with Gasteiger partial charge in [-0.05, 0) is 0 Å². The minimum atomic E-state index is 0. The van der Waals surface area contributed by atoms with Crippen LogP contribution in [0.2, 0.25) is 0 Å². The molecule has 1 heterocycles. The van der Waals surface area contributed by atoms with E-state index in [0.717, 1.165) is 0 Å². The van der Waals surface area contributed by atoms with Gasteiger partial charge in [0.25, 0.3) is 0 Å². The van der Waals surface area contributed by atoms with Crippen molar-refractivity contribution in [3.05, 3.63) is 25.3 Å². The molecular formula is C6H13ClN3+. The van der Waals surface area contributed by atoms with E-state index in [1.54, 1.807) is 6.20 Å².